The molecular weight excluding hydrogens is 198 g/mol. The van der Waals surface area contributed by atoms with Gasteiger partial charge in [0.15, 0.2) is 0 Å². The van der Waals surface area contributed by atoms with Crippen LogP contribution in [0.25, 0.3) is 0 Å². The molecule has 0 radical (unpaired) electrons. The number of hydrogen-bond acceptors (Lipinski definition) is 2. The van der Waals surface area contributed by atoms with Crippen molar-refractivity contribution < 1.29 is 0 Å². The van der Waals surface area contributed by atoms with Crippen LogP contribution in [0.1, 0.15) is 52.1 Å². The SMILES string of the molecule is CC.CC.Cc1cnn(C2CCNCC2)c1. The van der Waals surface area contributed by atoms with Gasteiger partial charge >= 0.3 is 0 Å². The molecule has 3 heteroatoms. The fourth-order valence-electron chi connectivity index (χ4n) is 1.70. The van der Waals surface area contributed by atoms with Crippen LogP contribution in [0.2, 0.25) is 0 Å². The first-order valence-electron chi connectivity index (χ1n) is 6.58. The van der Waals surface area contributed by atoms with Crippen molar-refractivity contribution in [3.8, 4) is 0 Å². The van der Waals surface area contributed by atoms with Gasteiger partial charge in [0.25, 0.3) is 0 Å². The van der Waals surface area contributed by atoms with Gasteiger partial charge in [-0.15, -0.1) is 0 Å². The lowest BCUT2D eigenvalue weighted by Crippen LogP contribution is -2.29. The van der Waals surface area contributed by atoms with Gasteiger partial charge in [0.05, 0.1) is 12.2 Å². The molecule has 2 heterocycles. The highest BCUT2D eigenvalue weighted by atomic mass is 15.3. The maximum atomic E-state index is 4.33. The maximum Gasteiger partial charge on any atom is 0.0543 e. The summed E-state index contributed by atoms with van der Waals surface area (Å²) >= 11 is 0. The summed E-state index contributed by atoms with van der Waals surface area (Å²) in [5, 5.41) is 7.68. The Morgan fingerprint density at radius 2 is 1.75 bits per heavy atom. The summed E-state index contributed by atoms with van der Waals surface area (Å²) in [5.74, 6) is 0. The maximum absolute atomic E-state index is 4.33. The summed E-state index contributed by atoms with van der Waals surface area (Å²) in [6, 6.07) is 0.625. The Morgan fingerprint density at radius 3 is 2.19 bits per heavy atom. The van der Waals surface area contributed by atoms with Crippen molar-refractivity contribution >= 4 is 0 Å². The number of rotatable bonds is 1. The van der Waals surface area contributed by atoms with Gasteiger partial charge in [-0.1, -0.05) is 27.7 Å². The van der Waals surface area contributed by atoms with Crippen LogP contribution in [0, 0.1) is 6.92 Å². The number of aryl methyl sites for hydroxylation is 1. The van der Waals surface area contributed by atoms with Crippen LogP contribution in [-0.2, 0) is 0 Å². The topological polar surface area (TPSA) is 29.9 Å². The molecule has 0 atom stereocenters. The minimum atomic E-state index is 0.625. The van der Waals surface area contributed by atoms with Gasteiger partial charge in [-0.2, -0.15) is 5.10 Å². The standard InChI is InChI=1S/C9H15N3.2C2H6/c1-8-6-11-12(7-8)9-2-4-10-5-3-9;2*1-2/h6-7,9-10H,2-5H2,1H3;2*1-2H3. The zero-order valence-corrected chi connectivity index (χ0v) is 11.5. The van der Waals surface area contributed by atoms with Gasteiger partial charge in [0, 0.05) is 6.20 Å². The van der Waals surface area contributed by atoms with E-state index in [0.29, 0.717) is 6.04 Å². The summed E-state index contributed by atoms with van der Waals surface area (Å²) in [7, 11) is 0. The zero-order valence-electron chi connectivity index (χ0n) is 11.5. The highest BCUT2D eigenvalue weighted by Gasteiger charge is 2.14. The van der Waals surface area contributed by atoms with E-state index in [9.17, 15) is 0 Å². The summed E-state index contributed by atoms with van der Waals surface area (Å²) < 4.78 is 2.11. The summed E-state index contributed by atoms with van der Waals surface area (Å²) in [6.45, 7) is 12.3. The largest absolute Gasteiger partial charge is 0.317 e. The van der Waals surface area contributed by atoms with Crippen LogP contribution in [-0.4, -0.2) is 22.9 Å². The molecule has 0 aliphatic carbocycles. The highest BCUT2D eigenvalue weighted by molar-refractivity contribution is 5.00. The lowest BCUT2D eigenvalue weighted by molar-refractivity contribution is 0.343. The lowest BCUT2D eigenvalue weighted by Gasteiger charge is -2.22. The molecule has 0 spiro atoms. The molecule has 0 unspecified atom stereocenters. The second-order valence-corrected chi connectivity index (χ2v) is 3.48. The smallest absolute Gasteiger partial charge is 0.0543 e. The van der Waals surface area contributed by atoms with E-state index in [1.54, 1.807) is 0 Å². The van der Waals surface area contributed by atoms with Gasteiger partial charge in [-0.05, 0) is 38.4 Å². The Labute approximate surface area is 100 Å². The zero-order chi connectivity index (χ0) is 12.4. The molecule has 1 saturated heterocycles. The Morgan fingerprint density at radius 1 is 1.19 bits per heavy atom. The van der Waals surface area contributed by atoms with Gasteiger partial charge in [0.1, 0.15) is 0 Å². The van der Waals surface area contributed by atoms with E-state index >= 15 is 0 Å². The van der Waals surface area contributed by atoms with Crippen LogP contribution < -0.4 is 5.32 Å². The summed E-state index contributed by atoms with van der Waals surface area (Å²) in [5.41, 5.74) is 1.26. The number of hydrogen-bond donors (Lipinski definition) is 1. The van der Waals surface area contributed by atoms with E-state index in [-0.39, 0.29) is 0 Å². The first-order chi connectivity index (χ1) is 7.86. The number of nitrogens with zero attached hydrogens (tertiary/aromatic N) is 2. The van der Waals surface area contributed by atoms with Gasteiger partial charge in [-0.25, -0.2) is 0 Å². The molecule has 0 saturated carbocycles. The third kappa shape index (κ3) is 4.79. The van der Waals surface area contributed by atoms with Gasteiger partial charge in [-0.3, -0.25) is 4.68 Å². The molecule has 16 heavy (non-hydrogen) atoms. The van der Waals surface area contributed by atoms with Crippen LogP contribution in [0.15, 0.2) is 12.4 Å². The lowest BCUT2D eigenvalue weighted by atomic mass is 10.1. The monoisotopic (exact) mass is 225 g/mol. The average Bonchev–Trinajstić information content (AvgIpc) is 2.82. The fourth-order valence-corrected chi connectivity index (χ4v) is 1.70. The first-order valence-corrected chi connectivity index (χ1v) is 6.58. The number of piperidine rings is 1. The molecule has 1 aromatic rings. The van der Waals surface area contributed by atoms with Gasteiger partial charge in [0.2, 0.25) is 0 Å². The predicted octanol–water partition coefficient (Wildman–Crippen LogP) is 3.17. The molecule has 2 rings (SSSR count). The second kappa shape index (κ2) is 9.40. The van der Waals surface area contributed by atoms with Gasteiger partial charge < -0.3 is 5.32 Å². The van der Waals surface area contributed by atoms with Crippen molar-refractivity contribution in [3.63, 3.8) is 0 Å². The molecule has 1 fully saturated rings. The van der Waals surface area contributed by atoms with Crippen LogP contribution >= 0.6 is 0 Å². The van der Waals surface area contributed by atoms with Crippen LogP contribution in [0.3, 0.4) is 0 Å². The van der Waals surface area contributed by atoms with Crippen molar-refractivity contribution in [2.24, 2.45) is 0 Å². The Balaban J connectivity index is 0.000000509. The van der Waals surface area contributed by atoms with Crippen molar-refractivity contribution in [2.45, 2.75) is 53.5 Å². The molecule has 1 aromatic heterocycles. The molecule has 0 aromatic carbocycles. The van der Waals surface area contributed by atoms with Crippen molar-refractivity contribution in [1.82, 2.24) is 15.1 Å². The molecule has 94 valence electrons. The van der Waals surface area contributed by atoms with E-state index < -0.39 is 0 Å². The molecule has 0 amide bonds. The quantitative estimate of drug-likeness (QED) is 0.795. The number of aromatic nitrogens is 2. The van der Waals surface area contributed by atoms with E-state index in [0.717, 1.165) is 13.1 Å². The van der Waals surface area contributed by atoms with Crippen molar-refractivity contribution in [1.29, 1.82) is 0 Å². The first kappa shape index (κ1) is 15.2. The Hall–Kier alpha value is -0.830. The van der Waals surface area contributed by atoms with Crippen molar-refractivity contribution in [2.75, 3.05) is 13.1 Å². The summed E-state index contributed by atoms with van der Waals surface area (Å²) in [4.78, 5) is 0. The second-order valence-electron chi connectivity index (χ2n) is 3.48. The average molecular weight is 225 g/mol. The van der Waals surface area contributed by atoms with Crippen LogP contribution in [0.4, 0.5) is 0 Å². The molecule has 3 nitrogen and oxygen atoms in total. The van der Waals surface area contributed by atoms with Crippen LogP contribution in [0.5, 0.6) is 0 Å². The molecule has 1 N–H and O–H groups in total. The minimum Gasteiger partial charge on any atom is -0.317 e. The number of nitrogens with one attached hydrogen (secondary N) is 1. The third-order valence-corrected chi connectivity index (χ3v) is 2.41. The Kier molecular flexibility index (Phi) is 8.91. The third-order valence-electron chi connectivity index (χ3n) is 2.41. The van der Waals surface area contributed by atoms with E-state index in [1.807, 2.05) is 33.9 Å². The molecule has 1 aliphatic rings. The van der Waals surface area contributed by atoms with E-state index in [2.05, 4.69) is 28.2 Å². The fraction of sp³-hybridized carbons (Fsp3) is 0.769. The highest BCUT2D eigenvalue weighted by Crippen LogP contribution is 2.17. The summed E-state index contributed by atoms with van der Waals surface area (Å²) in [6.07, 6.45) is 6.49. The Bertz CT molecular complexity index is 249. The normalized spacial score (nSPS) is 15.6. The minimum absolute atomic E-state index is 0.625. The molecular formula is C13H27N3. The van der Waals surface area contributed by atoms with Crippen molar-refractivity contribution in [3.05, 3.63) is 18.0 Å². The molecule has 1 aliphatic heterocycles. The predicted molar refractivity (Wildman–Crippen MR) is 70.8 cm³/mol. The molecule has 0 bridgehead atoms. The van der Waals surface area contributed by atoms with E-state index in [1.165, 1.54) is 18.4 Å². The van der Waals surface area contributed by atoms with E-state index in [4.69, 9.17) is 0 Å².